The maximum atomic E-state index is 12.4. The molecule has 2 aromatic carbocycles. The highest BCUT2D eigenvalue weighted by molar-refractivity contribution is 6.32. The third-order valence-corrected chi connectivity index (χ3v) is 4.80. The van der Waals surface area contributed by atoms with Crippen LogP contribution in [-0.2, 0) is 9.53 Å². The number of aliphatic carboxylic acids is 1. The van der Waals surface area contributed by atoms with Crippen LogP contribution in [0.2, 0.25) is 5.02 Å². The summed E-state index contributed by atoms with van der Waals surface area (Å²) in [6.45, 7) is 5.32. The third kappa shape index (κ3) is 5.21. The Bertz CT molecular complexity index is 894. The average Bonchev–Trinajstić information content (AvgIpc) is 3.07. The minimum absolute atomic E-state index is 0.114. The zero-order valence-corrected chi connectivity index (χ0v) is 17.3. The van der Waals surface area contributed by atoms with Crippen LogP contribution in [-0.4, -0.2) is 46.4 Å². The molecule has 7 heteroatoms. The zero-order valence-electron chi connectivity index (χ0n) is 16.6. The molecular formula is C22H24ClNO5. The summed E-state index contributed by atoms with van der Waals surface area (Å²) in [7, 11) is 0. The van der Waals surface area contributed by atoms with Gasteiger partial charge in [0.15, 0.2) is 0 Å². The summed E-state index contributed by atoms with van der Waals surface area (Å²) in [5.41, 5.74) is 1.27. The first-order valence-corrected chi connectivity index (χ1v) is 9.76. The van der Waals surface area contributed by atoms with E-state index in [2.05, 4.69) is 0 Å². The maximum Gasteiger partial charge on any atom is 0.411 e. The van der Waals surface area contributed by atoms with E-state index in [1.54, 1.807) is 26.8 Å². The largest absolute Gasteiger partial charge is 0.487 e. The van der Waals surface area contributed by atoms with Gasteiger partial charge in [-0.2, -0.15) is 0 Å². The number of hydrogen-bond acceptors (Lipinski definition) is 4. The van der Waals surface area contributed by atoms with Crippen molar-refractivity contribution >= 4 is 23.7 Å². The second kappa shape index (κ2) is 8.33. The number of carbonyl (C=O) groups excluding carboxylic acids is 1. The van der Waals surface area contributed by atoms with Gasteiger partial charge in [-0.25, -0.2) is 9.59 Å². The molecule has 6 nitrogen and oxygen atoms in total. The molecule has 1 fully saturated rings. The number of halogens is 1. The molecule has 3 rings (SSSR count). The standard InChI is InChI=1S/C22H24ClNO5/c1-22(2,3)29-21(27)24-13-16(12-18(24)20(25)26)28-19-10-9-15(11-17(19)23)14-7-5-4-6-8-14/h4-11,16,18H,12-13H2,1-3H3,(H,25,26)/t16-,18+/m1/s1. The van der Waals surface area contributed by atoms with Crippen LogP contribution in [0.4, 0.5) is 4.79 Å². The van der Waals surface area contributed by atoms with Crippen LogP contribution in [0.5, 0.6) is 5.75 Å². The first-order chi connectivity index (χ1) is 13.6. The van der Waals surface area contributed by atoms with Gasteiger partial charge < -0.3 is 14.6 Å². The Hall–Kier alpha value is -2.73. The first kappa shape index (κ1) is 21.0. The Balaban J connectivity index is 1.73. The first-order valence-electron chi connectivity index (χ1n) is 9.38. The van der Waals surface area contributed by atoms with Crippen molar-refractivity contribution in [3.05, 3.63) is 53.6 Å². The molecule has 1 saturated heterocycles. The van der Waals surface area contributed by atoms with Gasteiger partial charge in [0.1, 0.15) is 23.5 Å². The number of carbonyl (C=O) groups is 2. The summed E-state index contributed by atoms with van der Waals surface area (Å²) in [5.74, 6) is -0.640. The predicted molar refractivity (Wildman–Crippen MR) is 110 cm³/mol. The Morgan fingerprint density at radius 2 is 1.79 bits per heavy atom. The third-order valence-electron chi connectivity index (χ3n) is 4.51. The smallest absolute Gasteiger partial charge is 0.411 e. The van der Waals surface area contributed by atoms with Gasteiger partial charge in [-0.1, -0.05) is 48.0 Å². The van der Waals surface area contributed by atoms with Crippen molar-refractivity contribution in [3.63, 3.8) is 0 Å². The molecule has 0 radical (unpaired) electrons. The number of likely N-dealkylation sites (tertiary alicyclic amines) is 1. The molecule has 0 aliphatic carbocycles. The van der Waals surface area contributed by atoms with Gasteiger partial charge in [0.25, 0.3) is 0 Å². The van der Waals surface area contributed by atoms with E-state index >= 15 is 0 Å². The van der Waals surface area contributed by atoms with Crippen molar-refractivity contribution in [1.29, 1.82) is 0 Å². The van der Waals surface area contributed by atoms with Crippen LogP contribution < -0.4 is 4.74 Å². The lowest BCUT2D eigenvalue weighted by molar-refractivity contribution is -0.142. The summed E-state index contributed by atoms with van der Waals surface area (Å²) in [6.07, 6.45) is -1.00. The Morgan fingerprint density at radius 1 is 1.10 bits per heavy atom. The summed E-state index contributed by atoms with van der Waals surface area (Å²) in [4.78, 5) is 25.2. The molecule has 2 atom stereocenters. The van der Waals surface area contributed by atoms with E-state index in [1.165, 1.54) is 4.90 Å². The molecule has 1 aliphatic rings. The Labute approximate surface area is 175 Å². The van der Waals surface area contributed by atoms with Gasteiger partial charge in [-0.15, -0.1) is 0 Å². The highest BCUT2D eigenvalue weighted by atomic mass is 35.5. The average molecular weight is 418 g/mol. The Morgan fingerprint density at radius 3 is 2.38 bits per heavy atom. The second-order valence-corrected chi connectivity index (χ2v) is 8.38. The van der Waals surface area contributed by atoms with Crippen LogP contribution in [0.15, 0.2) is 48.5 Å². The number of carboxylic acids is 1. The van der Waals surface area contributed by atoms with Crippen molar-refractivity contribution in [1.82, 2.24) is 4.90 Å². The van der Waals surface area contributed by atoms with Crippen molar-refractivity contribution in [2.75, 3.05) is 6.54 Å². The lowest BCUT2D eigenvalue weighted by Gasteiger charge is -2.26. The quantitative estimate of drug-likeness (QED) is 0.769. The van der Waals surface area contributed by atoms with E-state index in [0.29, 0.717) is 10.8 Å². The van der Waals surface area contributed by atoms with Crippen LogP contribution in [0, 0.1) is 0 Å². The SMILES string of the molecule is CC(C)(C)OC(=O)N1C[C@H](Oc2ccc(-c3ccccc3)cc2Cl)C[C@H]1C(=O)O. The van der Waals surface area contributed by atoms with Gasteiger partial charge in [-0.05, 0) is 44.0 Å². The molecule has 1 aliphatic heterocycles. The zero-order chi connectivity index (χ0) is 21.2. The molecule has 0 saturated carbocycles. The van der Waals surface area contributed by atoms with E-state index in [1.807, 2.05) is 42.5 Å². The van der Waals surface area contributed by atoms with Crippen LogP contribution in [0.25, 0.3) is 11.1 Å². The van der Waals surface area contributed by atoms with E-state index in [-0.39, 0.29) is 13.0 Å². The summed E-state index contributed by atoms with van der Waals surface area (Å²) in [5, 5.41) is 9.93. The number of amides is 1. The van der Waals surface area contributed by atoms with Crippen LogP contribution >= 0.6 is 11.6 Å². The van der Waals surface area contributed by atoms with Gasteiger partial charge >= 0.3 is 12.1 Å². The van der Waals surface area contributed by atoms with Crippen LogP contribution in [0.1, 0.15) is 27.2 Å². The fraction of sp³-hybridized carbons (Fsp3) is 0.364. The fourth-order valence-electron chi connectivity index (χ4n) is 3.23. The van der Waals surface area contributed by atoms with Crippen molar-refractivity contribution in [2.24, 2.45) is 0 Å². The number of hydrogen-bond donors (Lipinski definition) is 1. The Kier molecular flexibility index (Phi) is 6.03. The van der Waals surface area contributed by atoms with E-state index in [9.17, 15) is 14.7 Å². The predicted octanol–water partition coefficient (Wildman–Crippen LogP) is 4.85. The van der Waals surface area contributed by atoms with Gasteiger partial charge in [0, 0.05) is 6.42 Å². The molecule has 29 heavy (non-hydrogen) atoms. The number of rotatable bonds is 4. The minimum atomic E-state index is -1.09. The molecule has 154 valence electrons. The van der Waals surface area contributed by atoms with Gasteiger partial charge in [0.05, 0.1) is 11.6 Å². The van der Waals surface area contributed by atoms with Gasteiger partial charge in [-0.3, -0.25) is 4.90 Å². The highest BCUT2D eigenvalue weighted by Crippen LogP contribution is 2.33. The lowest BCUT2D eigenvalue weighted by Crippen LogP contribution is -2.43. The normalized spacial score (nSPS) is 19.1. The molecule has 0 aromatic heterocycles. The molecule has 0 unspecified atom stereocenters. The minimum Gasteiger partial charge on any atom is -0.487 e. The van der Waals surface area contributed by atoms with Crippen LogP contribution in [0.3, 0.4) is 0 Å². The topological polar surface area (TPSA) is 76.1 Å². The number of ether oxygens (including phenoxy) is 2. The summed E-state index contributed by atoms with van der Waals surface area (Å²) >= 11 is 6.40. The van der Waals surface area contributed by atoms with E-state index < -0.39 is 29.8 Å². The van der Waals surface area contributed by atoms with Gasteiger partial charge in [0.2, 0.25) is 0 Å². The molecule has 0 bridgehead atoms. The monoisotopic (exact) mass is 417 g/mol. The summed E-state index contributed by atoms with van der Waals surface area (Å²) in [6, 6.07) is 14.3. The molecular weight excluding hydrogens is 394 g/mol. The molecule has 1 heterocycles. The number of benzene rings is 2. The molecule has 1 amide bonds. The van der Waals surface area contributed by atoms with E-state index in [0.717, 1.165) is 11.1 Å². The maximum absolute atomic E-state index is 12.4. The van der Waals surface area contributed by atoms with E-state index in [4.69, 9.17) is 21.1 Å². The van der Waals surface area contributed by atoms with Crippen molar-refractivity contribution in [2.45, 2.75) is 44.9 Å². The number of nitrogens with zero attached hydrogens (tertiary/aromatic N) is 1. The molecule has 0 spiro atoms. The summed E-state index contributed by atoms with van der Waals surface area (Å²) < 4.78 is 11.3. The van der Waals surface area contributed by atoms with Crippen molar-refractivity contribution < 1.29 is 24.2 Å². The number of carboxylic acid groups (broad SMARTS) is 1. The molecule has 1 N–H and O–H groups in total. The highest BCUT2D eigenvalue weighted by Gasteiger charge is 2.42. The molecule has 2 aromatic rings. The fourth-order valence-corrected chi connectivity index (χ4v) is 3.45. The lowest BCUT2D eigenvalue weighted by atomic mass is 10.1. The van der Waals surface area contributed by atoms with Crippen molar-refractivity contribution in [3.8, 4) is 16.9 Å². The second-order valence-electron chi connectivity index (χ2n) is 7.97.